The van der Waals surface area contributed by atoms with E-state index >= 15 is 0 Å². The van der Waals surface area contributed by atoms with Gasteiger partial charge in [-0.1, -0.05) is 0 Å². The Morgan fingerprint density at radius 2 is 2.00 bits per heavy atom. The molecule has 0 spiro atoms. The first-order valence-electron chi connectivity index (χ1n) is 6.30. The zero-order chi connectivity index (χ0) is 16.5. The molecule has 0 unspecified atom stereocenters. The summed E-state index contributed by atoms with van der Waals surface area (Å²) in [6.45, 7) is 2.34. The Balaban J connectivity index is 2.58. The zero-order valence-electron chi connectivity index (χ0n) is 11.9. The van der Waals surface area contributed by atoms with Crippen LogP contribution < -0.4 is 4.31 Å². The van der Waals surface area contributed by atoms with Gasteiger partial charge in [0, 0.05) is 6.07 Å². The van der Waals surface area contributed by atoms with E-state index in [4.69, 9.17) is 5.11 Å². The maximum absolute atomic E-state index is 13.9. The van der Waals surface area contributed by atoms with E-state index in [1.807, 2.05) is 0 Å². The van der Waals surface area contributed by atoms with Gasteiger partial charge in [-0.25, -0.2) is 22.2 Å². The number of thiazole rings is 1. The number of aromatic nitrogens is 1. The summed E-state index contributed by atoms with van der Waals surface area (Å²) in [5, 5.41) is 9.67. The summed E-state index contributed by atoms with van der Waals surface area (Å²) < 4.78 is 53.1. The first-order valence-corrected chi connectivity index (χ1v) is 8.55. The number of aliphatic hydroxyl groups excluding tert-OH is 1. The SMILES string of the molecule is Cc1nc(C)c(S(=O)(=O)N(CCO)c2ccc(F)cc2F)s1. The van der Waals surface area contributed by atoms with Gasteiger partial charge >= 0.3 is 0 Å². The van der Waals surface area contributed by atoms with Gasteiger partial charge in [0.25, 0.3) is 10.0 Å². The van der Waals surface area contributed by atoms with Crippen molar-refractivity contribution in [1.82, 2.24) is 4.98 Å². The van der Waals surface area contributed by atoms with Crippen molar-refractivity contribution >= 4 is 27.0 Å². The molecular formula is C13H14F2N2O3S2. The van der Waals surface area contributed by atoms with E-state index in [1.54, 1.807) is 6.92 Å². The van der Waals surface area contributed by atoms with Crippen LogP contribution in [0.2, 0.25) is 0 Å². The standard InChI is InChI=1S/C13H14F2N2O3S2/c1-8-13(21-9(2)16-8)22(19,20)17(5-6-18)12-4-3-10(14)7-11(12)15/h3-4,7,18H,5-6H2,1-2H3. The van der Waals surface area contributed by atoms with Crippen molar-refractivity contribution in [2.75, 3.05) is 17.5 Å². The molecule has 2 rings (SSSR count). The van der Waals surface area contributed by atoms with Gasteiger partial charge in [-0.3, -0.25) is 4.31 Å². The van der Waals surface area contributed by atoms with Crippen molar-refractivity contribution in [3.63, 3.8) is 0 Å². The Morgan fingerprint density at radius 3 is 2.50 bits per heavy atom. The average molecular weight is 348 g/mol. The molecule has 0 radical (unpaired) electrons. The molecule has 1 N–H and O–H groups in total. The fourth-order valence-corrected chi connectivity index (χ4v) is 5.04. The minimum atomic E-state index is -4.09. The Kier molecular flexibility index (Phi) is 4.78. The van der Waals surface area contributed by atoms with E-state index in [0.29, 0.717) is 16.8 Å². The van der Waals surface area contributed by atoms with E-state index in [2.05, 4.69) is 4.98 Å². The van der Waals surface area contributed by atoms with Crippen LogP contribution in [0.1, 0.15) is 10.7 Å². The van der Waals surface area contributed by atoms with Crippen molar-refractivity contribution in [2.45, 2.75) is 18.1 Å². The van der Waals surface area contributed by atoms with Crippen LogP contribution in [0, 0.1) is 25.5 Å². The molecule has 22 heavy (non-hydrogen) atoms. The topological polar surface area (TPSA) is 70.5 Å². The largest absolute Gasteiger partial charge is 0.394 e. The van der Waals surface area contributed by atoms with Crippen LogP contribution in [-0.2, 0) is 10.0 Å². The number of anilines is 1. The van der Waals surface area contributed by atoms with Gasteiger partial charge in [0.1, 0.15) is 11.6 Å². The summed E-state index contributed by atoms with van der Waals surface area (Å²) in [5.74, 6) is -1.83. The summed E-state index contributed by atoms with van der Waals surface area (Å²) in [4.78, 5) is 4.05. The maximum Gasteiger partial charge on any atom is 0.275 e. The van der Waals surface area contributed by atoms with Crippen LogP contribution in [0.4, 0.5) is 14.5 Å². The van der Waals surface area contributed by atoms with Gasteiger partial charge < -0.3 is 5.11 Å². The lowest BCUT2D eigenvalue weighted by atomic mass is 10.3. The first kappa shape index (κ1) is 16.8. The molecule has 1 heterocycles. The minimum Gasteiger partial charge on any atom is -0.394 e. The van der Waals surface area contributed by atoms with Crippen LogP contribution in [0.3, 0.4) is 0 Å². The Hall–Kier alpha value is -1.58. The second kappa shape index (κ2) is 6.27. The monoisotopic (exact) mass is 348 g/mol. The van der Waals surface area contributed by atoms with Crippen LogP contribution in [0.25, 0.3) is 0 Å². The van der Waals surface area contributed by atoms with Gasteiger partial charge in [0.05, 0.1) is 29.5 Å². The lowest BCUT2D eigenvalue weighted by Gasteiger charge is -2.23. The highest BCUT2D eigenvalue weighted by atomic mass is 32.2. The minimum absolute atomic E-state index is 0.0258. The number of hydrogen-bond donors (Lipinski definition) is 1. The van der Waals surface area contributed by atoms with E-state index in [0.717, 1.165) is 27.8 Å². The number of aryl methyl sites for hydroxylation is 2. The van der Waals surface area contributed by atoms with E-state index in [-0.39, 0.29) is 16.4 Å². The Labute approximate surface area is 130 Å². The summed E-state index contributed by atoms with van der Waals surface area (Å²) in [6.07, 6.45) is 0. The lowest BCUT2D eigenvalue weighted by Crippen LogP contribution is -2.34. The van der Waals surface area contributed by atoms with Gasteiger partial charge in [-0.15, -0.1) is 11.3 Å². The number of benzene rings is 1. The normalized spacial score (nSPS) is 11.7. The van der Waals surface area contributed by atoms with E-state index in [9.17, 15) is 17.2 Å². The third kappa shape index (κ3) is 3.11. The van der Waals surface area contributed by atoms with Gasteiger partial charge in [0.15, 0.2) is 4.21 Å². The third-order valence-corrected chi connectivity index (χ3v) is 6.34. The van der Waals surface area contributed by atoms with Crippen LogP contribution in [0.5, 0.6) is 0 Å². The molecule has 0 saturated heterocycles. The molecule has 0 saturated carbocycles. The molecule has 0 aliphatic heterocycles. The summed E-state index contributed by atoms with van der Waals surface area (Å²) >= 11 is 0.960. The molecule has 1 aromatic heterocycles. The number of sulfonamides is 1. The molecule has 0 atom stereocenters. The molecule has 9 heteroatoms. The molecule has 120 valence electrons. The molecule has 0 fully saturated rings. The third-order valence-electron chi connectivity index (χ3n) is 2.87. The molecule has 0 bridgehead atoms. The maximum atomic E-state index is 13.9. The van der Waals surface area contributed by atoms with Crippen molar-refractivity contribution in [3.8, 4) is 0 Å². The van der Waals surface area contributed by atoms with Crippen molar-refractivity contribution in [1.29, 1.82) is 0 Å². The Bertz CT molecular complexity index is 791. The highest BCUT2D eigenvalue weighted by molar-refractivity contribution is 7.94. The summed E-state index contributed by atoms with van der Waals surface area (Å²) in [7, 11) is -4.09. The number of aliphatic hydroxyl groups is 1. The predicted octanol–water partition coefficient (Wildman–Crippen LogP) is 2.23. The lowest BCUT2D eigenvalue weighted by molar-refractivity contribution is 0.306. The quantitative estimate of drug-likeness (QED) is 0.899. The van der Waals surface area contributed by atoms with Crippen molar-refractivity contribution < 1.29 is 22.3 Å². The van der Waals surface area contributed by atoms with Crippen LogP contribution in [0.15, 0.2) is 22.4 Å². The van der Waals surface area contributed by atoms with Gasteiger partial charge in [0.2, 0.25) is 0 Å². The first-order chi connectivity index (χ1) is 10.3. The molecule has 1 aromatic carbocycles. The van der Waals surface area contributed by atoms with E-state index in [1.165, 1.54) is 6.92 Å². The molecule has 0 aliphatic carbocycles. The fourth-order valence-electron chi connectivity index (χ4n) is 2.00. The van der Waals surface area contributed by atoms with E-state index < -0.39 is 28.3 Å². The number of nitrogens with zero attached hydrogens (tertiary/aromatic N) is 2. The highest BCUT2D eigenvalue weighted by Crippen LogP contribution is 2.31. The van der Waals surface area contributed by atoms with Crippen molar-refractivity contribution in [3.05, 3.63) is 40.5 Å². The average Bonchev–Trinajstić information content (AvgIpc) is 2.76. The summed E-state index contributed by atoms with van der Waals surface area (Å²) in [5.41, 5.74) is -0.0196. The predicted molar refractivity (Wildman–Crippen MR) is 79.6 cm³/mol. The van der Waals surface area contributed by atoms with Crippen LogP contribution in [-0.4, -0.2) is 31.7 Å². The highest BCUT2D eigenvalue weighted by Gasteiger charge is 2.30. The second-order valence-electron chi connectivity index (χ2n) is 4.50. The number of rotatable bonds is 5. The smallest absolute Gasteiger partial charge is 0.275 e. The molecule has 2 aromatic rings. The number of halogens is 2. The summed E-state index contributed by atoms with van der Waals surface area (Å²) in [6, 6.07) is 2.59. The molecular weight excluding hydrogens is 334 g/mol. The Morgan fingerprint density at radius 1 is 1.32 bits per heavy atom. The van der Waals surface area contributed by atoms with Crippen LogP contribution >= 0.6 is 11.3 Å². The zero-order valence-corrected chi connectivity index (χ0v) is 13.5. The number of hydrogen-bond acceptors (Lipinski definition) is 5. The molecule has 0 aliphatic rings. The second-order valence-corrected chi connectivity index (χ2v) is 7.76. The molecule has 5 nitrogen and oxygen atoms in total. The van der Waals surface area contributed by atoms with Crippen molar-refractivity contribution in [2.24, 2.45) is 0 Å². The molecule has 0 amide bonds. The van der Waals surface area contributed by atoms with Gasteiger partial charge in [-0.05, 0) is 26.0 Å². The fraction of sp³-hybridized carbons (Fsp3) is 0.308. The van der Waals surface area contributed by atoms with Gasteiger partial charge in [-0.2, -0.15) is 0 Å².